The summed E-state index contributed by atoms with van der Waals surface area (Å²) in [4.78, 5) is 50.5. The monoisotopic (exact) mass is 732 g/mol. The van der Waals surface area contributed by atoms with E-state index in [1.54, 1.807) is 17.3 Å². The van der Waals surface area contributed by atoms with E-state index in [2.05, 4.69) is 32.0 Å². The molecule has 2 aromatic carbocycles. The first kappa shape index (κ1) is 36.7. The minimum Gasteiger partial charge on any atom is -0.488 e. The zero-order chi connectivity index (χ0) is 37.4. The number of nitrogens with zero attached hydrogens (tertiary/aromatic N) is 5. The molecule has 0 saturated carbocycles. The number of hydrogen-bond donors (Lipinski definition) is 3. The van der Waals surface area contributed by atoms with E-state index in [1.807, 2.05) is 103 Å². The first-order valence-electron chi connectivity index (χ1n) is 18.8. The summed E-state index contributed by atoms with van der Waals surface area (Å²) in [5.74, 6) is 2.59. The van der Waals surface area contributed by atoms with E-state index in [-0.39, 0.29) is 36.1 Å². The van der Waals surface area contributed by atoms with Gasteiger partial charge in [0.15, 0.2) is 0 Å². The summed E-state index contributed by atoms with van der Waals surface area (Å²) in [7, 11) is 0. The Hall–Kier alpha value is -5.69. The fourth-order valence-corrected chi connectivity index (χ4v) is 6.49. The minimum atomic E-state index is -0.0954. The molecule has 4 saturated heterocycles. The van der Waals surface area contributed by atoms with Gasteiger partial charge in [-0.1, -0.05) is 26.0 Å². The van der Waals surface area contributed by atoms with Crippen molar-refractivity contribution < 1.29 is 23.9 Å². The molecule has 5 amide bonds. The number of ether oxygens (including phenoxy) is 2. The van der Waals surface area contributed by atoms with E-state index in [0.29, 0.717) is 38.0 Å². The lowest BCUT2D eigenvalue weighted by molar-refractivity contribution is -0.144. The molecule has 0 radical (unpaired) electrons. The lowest BCUT2D eigenvalue weighted by Crippen LogP contribution is -2.57. The van der Waals surface area contributed by atoms with Gasteiger partial charge in [-0.15, -0.1) is 0 Å². The Balaban J connectivity index is 0.000000171. The summed E-state index contributed by atoms with van der Waals surface area (Å²) in [6.07, 6.45) is 8.40. The zero-order valence-corrected chi connectivity index (χ0v) is 30.8. The second kappa shape index (κ2) is 17.0. The van der Waals surface area contributed by atoms with E-state index >= 15 is 0 Å². The SMILES string of the molecule is CC[C@H](C)C(=O)N1CC(Oc2ccc(NC(=O)N3CC(c4cccnc4)C3)cc2)C1.O=C(Nc1ccc(OC2CNC2)cc1)N1CC(c2cccnc2)C1. The van der Waals surface area contributed by atoms with Crippen LogP contribution in [0, 0.1) is 5.92 Å². The number of urea groups is 2. The molecule has 0 aliphatic carbocycles. The lowest BCUT2D eigenvalue weighted by Gasteiger charge is -2.40. The van der Waals surface area contributed by atoms with Gasteiger partial charge in [0, 0.05) is 93.2 Å². The van der Waals surface area contributed by atoms with E-state index < -0.39 is 0 Å². The van der Waals surface area contributed by atoms with Crippen molar-refractivity contribution in [2.45, 2.75) is 44.3 Å². The number of amides is 5. The van der Waals surface area contributed by atoms with Gasteiger partial charge in [0.2, 0.25) is 5.91 Å². The largest absolute Gasteiger partial charge is 0.488 e. The van der Waals surface area contributed by atoms with Crippen LogP contribution < -0.4 is 25.4 Å². The summed E-state index contributed by atoms with van der Waals surface area (Å²) in [5, 5.41) is 9.02. The predicted molar refractivity (Wildman–Crippen MR) is 206 cm³/mol. The first-order valence-corrected chi connectivity index (χ1v) is 18.8. The van der Waals surface area contributed by atoms with Gasteiger partial charge in [0.1, 0.15) is 23.7 Å². The molecule has 282 valence electrons. The molecule has 6 heterocycles. The second-order valence-electron chi connectivity index (χ2n) is 14.4. The van der Waals surface area contributed by atoms with Crippen LogP contribution in [0.4, 0.5) is 21.0 Å². The maximum atomic E-state index is 12.4. The Labute approximate surface area is 316 Å². The molecule has 8 rings (SSSR count). The summed E-state index contributed by atoms with van der Waals surface area (Å²) in [6.45, 7) is 9.90. The van der Waals surface area contributed by atoms with Crippen molar-refractivity contribution in [1.82, 2.24) is 30.0 Å². The highest BCUT2D eigenvalue weighted by molar-refractivity contribution is 5.90. The number of aromatic nitrogens is 2. The number of hydrogen-bond acceptors (Lipinski definition) is 8. The van der Waals surface area contributed by atoms with E-state index in [0.717, 1.165) is 55.5 Å². The normalized spacial score (nSPS) is 17.7. The third kappa shape index (κ3) is 9.08. The molecule has 0 bridgehead atoms. The number of anilines is 2. The fraction of sp³-hybridized carbons (Fsp3) is 0.390. The van der Waals surface area contributed by atoms with Gasteiger partial charge in [-0.3, -0.25) is 14.8 Å². The molecule has 4 aliphatic rings. The van der Waals surface area contributed by atoms with Crippen molar-refractivity contribution >= 4 is 29.3 Å². The van der Waals surface area contributed by atoms with Crippen molar-refractivity contribution in [1.29, 1.82) is 0 Å². The van der Waals surface area contributed by atoms with Gasteiger partial charge in [-0.05, 0) is 78.2 Å². The molecule has 3 N–H and O–H groups in total. The maximum absolute atomic E-state index is 12.4. The summed E-state index contributed by atoms with van der Waals surface area (Å²) >= 11 is 0. The number of rotatable bonds is 10. The Kier molecular flexibility index (Phi) is 11.5. The molecule has 1 atom stereocenters. The smallest absolute Gasteiger partial charge is 0.321 e. The highest BCUT2D eigenvalue weighted by Crippen LogP contribution is 2.29. The summed E-state index contributed by atoms with van der Waals surface area (Å²) < 4.78 is 11.7. The molecule has 0 unspecified atom stereocenters. The average molecular weight is 733 g/mol. The molecular weight excluding hydrogens is 685 g/mol. The molecule has 54 heavy (non-hydrogen) atoms. The van der Waals surface area contributed by atoms with E-state index in [4.69, 9.17) is 9.47 Å². The van der Waals surface area contributed by atoms with Gasteiger partial charge in [0.05, 0.1) is 13.1 Å². The van der Waals surface area contributed by atoms with Crippen LogP contribution in [-0.4, -0.2) is 107 Å². The molecule has 4 aliphatic heterocycles. The third-order valence-electron chi connectivity index (χ3n) is 10.4. The average Bonchev–Trinajstić information content (AvgIpc) is 3.12. The van der Waals surface area contributed by atoms with Crippen LogP contribution in [0.1, 0.15) is 43.2 Å². The van der Waals surface area contributed by atoms with E-state index in [1.165, 1.54) is 11.1 Å². The molecular formula is C41H48N8O5. The fourth-order valence-electron chi connectivity index (χ4n) is 6.49. The molecule has 4 fully saturated rings. The Bertz CT molecular complexity index is 1840. The molecule has 4 aromatic rings. The van der Waals surface area contributed by atoms with Crippen LogP contribution >= 0.6 is 0 Å². The highest BCUT2D eigenvalue weighted by Gasteiger charge is 2.35. The maximum Gasteiger partial charge on any atom is 0.321 e. The summed E-state index contributed by atoms with van der Waals surface area (Å²) in [6, 6.07) is 22.7. The molecule has 0 spiro atoms. The van der Waals surface area contributed by atoms with Crippen molar-refractivity contribution in [3.63, 3.8) is 0 Å². The Morgan fingerprint density at radius 1 is 0.685 bits per heavy atom. The van der Waals surface area contributed by atoms with Crippen LogP contribution in [-0.2, 0) is 4.79 Å². The number of carbonyl (C=O) groups excluding carboxylic acids is 3. The van der Waals surface area contributed by atoms with Crippen LogP contribution in [0.25, 0.3) is 0 Å². The third-order valence-corrected chi connectivity index (χ3v) is 10.4. The first-order chi connectivity index (χ1) is 26.3. The van der Waals surface area contributed by atoms with E-state index in [9.17, 15) is 14.4 Å². The van der Waals surface area contributed by atoms with Gasteiger partial charge < -0.3 is 40.1 Å². The topological polar surface area (TPSA) is 141 Å². The standard InChI is InChI=1S/C23H28N4O3.C18H20N4O2/c1-3-16(2)22(28)26-14-21(15-26)30-20-8-6-19(7-9-20)25-23(29)27-12-18(13-27)17-5-4-10-24-11-17;23-18(22-11-14(12-22)13-2-1-7-19-8-13)21-15-3-5-16(6-4-15)24-17-9-20-10-17/h4-11,16,18,21H,3,12-15H2,1-2H3,(H,25,29);1-8,14,17,20H,9-12H2,(H,21,23)/t16-;/m0./s1. The van der Waals surface area contributed by atoms with Crippen molar-refractivity contribution in [3.8, 4) is 11.5 Å². The summed E-state index contributed by atoms with van der Waals surface area (Å²) in [5.41, 5.74) is 3.88. The van der Waals surface area contributed by atoms with Crippen molar-refractivity contribution in [2.75, 3.05) is 63.0 Å². The van der Waals surface area contributed by atoms with Gasteiger partial charge in [0.25, 0.3) is 0 Å². The molecule has 13 heteroatoms. The van der Waals surface area contributed by atoms with Gasteiger partial charge in [-0.2, -0.15) is 0 Å². The van der Waals surface area contributed by atoms with Crippen LogP contribution in [0.2, 0.25) is 0 Å². The second-order valence-corrected chi connectivity index (χ2v) is 14.4. The van der Waals surface area contributed by atoms with Crippen molar-refractivity contribution in [3.05, 3.63) is 109 Å². The minimum absolute atomic E-state index is 0.0314. The molecule has 2 aromatic heterocycles. The predicted octanol–water partition coefficient (Wildman–Crippen LogP) is 5.41. The molecule has 13 nitrogen and oxygen atoms in total. The number of benzene rings is 2. The lowest BCUT2D eigenvalue weighted by atomic mass is 9.93. The van der Waals surface area contributed by atoms with Crippen LogP contribution in [0.15, 0.2) is 97.6 Å². The highest BCUT2D eigenvalue weighted by atomic mass is 16.5. The Morgan fingerprint density at radius 2 is 1.15 bits per heavy atom. The number of pyridine rings is 2. The number of likely N-dealkylation sites (tertiary alicyclic amines) is 3. The van der Waals surface area contributed by atoms with Crippen molar-refractivity contribution in [2.24, 2.45) is 5.92 Å². The zero-order valence-electron chi connectivity index (χ0n) is 30.8. The van der Waals surface area contributed by atoms with Gasteiger partial charge in [-0.25, -0.2) is 9.59 Å². The quantitative estimate of drug-likeness (QED) is 0.197. The van der Waals surface area contributed by atoms with Crippen LogP contribution in [0.3, 0.4) is 0 Å². The Morgan fingerprint density at radius 3 is 1.54 bits per heavy atom. The van der Waals surface area contributed by atoms with Crippen LogP contribution in [0.5, 0.6) is 11.5 Å². The van der Waals surface area contributed by atoms with Gasteiger partial charge >= 0.3 is 12.1 Å². The number of nitrogens with one attached hydrogen (secondary N) is 3. The number of carbonyl (C=O) groups is 3.